The van der Waals surface area contributed by atoms with E-state index >= 15 is 0 Å². The van der Waals surface area contributed by atoms with Gasteiger partial charge in [0.25, 0.3) is 0 Å². The maximum absolute atomic E-state index is 12.2. The molecule has 1 aromatic rings. The van der Waals surface area contributed by atoms with Crippen molar-refractivity contribution in [1.29, 1.82) is 0 Å². The number of aryl methyl sites for hydroxylation is 1. The van der Waals surface area contributed by atoms with Gasteiger partial charge in [-0.15, -0.1) is 0 Å². The van der Waals surface area contributed by atoms with Crippen molar-refractivity contribution >= 4 is 0 Å². The first-order chi connectivity index (χ1) is 12.2. The van der Waals surface area contributed by atoms with Crippen LogP contribution in [0.2, 0.25) is 0 Å². The van der Waals surface area contributed by atoms with Crippen LogP contribution < -0.4 is 0 Å². The van der Waals surface area contributed by atoms with Gasteiger partial charge in [-0.1, -0.05) is 12.1 Å². The largest absolute Gasteiger partial charge is 0.385 e. The Hall–Kier alpha value is -1.05. The molecule has 0 fully saturated rings. The molecule has 1 rings (SSSR count). The van der Waals surface area contributed by atoms with Crippen LogP contribution in [0.15, 0.2) is 24.3 Å². The molecule has 0 aliphatic carbocycles. The topological polar surface area (TPSA) is 46.2 Å². The minimum absolute atomic E-state index is 0.162. The highest BCUT2D eigenvalue weighted by Crippen LogP contribution is 1.99. The predicted molar refractivity (Wildman–Crippen MR) is 96.6 cm³/mol. The second kappa shape index (κ2) is 19.3. The number of ether oxygens (including phenoxy) is 5. The van der Waals surface area contributed by atoms with Crippen molar-refractivity contribution in [3.05, 3.63) is 35.6 Å². The van der Waals surface area contributed by atoms with Crippen LogP contribution in [0.25, 0.3) is 0 Å². The second-order valence-electron chi connectivity index (χ2n) is 5.33. The number of rotatable bonds is 14. The molecular formula is C19H33FO5. The lowest BCUT2D eigenvalue weighted by Crippen LogP contribution is -2.11. The number of hydrogen-bond acceptors (Lipinski definition) is 5. The second-order valence-corrected chi connectivity index (χ2v) is 5.33. The summed E-state index contributed by atoms with van der Waals surface area (Å²) >= 11 is 0. The Morgan fingerprint density at radius 1 is 0.720 bits per heavy atom. The molecule has 6 heteroatoms. The fourth-order valence-corrected chi connectivity index (χ4v) is 1.74. The molecule has 0 spiro atoms. The van der Waals surface area contributed by atoms with Crippen molar-refractivity contribution in [3.63, 3.8) is 0 Å². The smallest absolute Gasteiger partial charge is 0.123 e. The van der Waals surface area contributed by atoms with Gasteiger partial charge in [0.1, 0.15) is 5.82 Å². The summed E-state index contributed by atoms with van der Waals surface area (Å²) in [5.74, 6) is -0.162. The summed E-state index contributed by atoms with van der Waals surface area (Å²) in [6.07, 6.45) is 2.08. The van der Waals surface area contributed by atoms with Gasteiger partial charge in [-0.25, -0.2) is 4.39 Å². The molecule has 0 heterocycles. The zero-order valence-corrected chi connectivity index (χ0v) is 15.8. The van der Waals surface area contributed by atoms with E-state index in [1.807, 2.05) is 13.0 Å². The van der Waals surface area contributed by atoms with Gasteiger partial charge in [0.15, 0.2) is 0 Å². The van der Waals surface area contributed by atoms with E-state index in [0.29, 0.717) is 39.6 Å². The third-order valence-corrected chi connectivity index (χ3v) is 3.04. The van der Waals surface area contributed by atoms with Crippen LogP contribution in [0.4, 0.5) is 4.39 Å². The molecule has 0 saturated heterocycles. The van der Waals surface area contributed by atoms with Crippen LogP contribution >= 0.6 is 0 Å². The van der Waals surface area contributed by atoms with Crippen molar-refractivity contribution in [1.82, 2.24) is 0 Å². The number of benzene rings is 1. The summed E-state index contributed by atoms with van der Waals surface area (Å²) in [6, 6.07) is 6.50. The van der Waals surface area contributed by atoms with E-state index in [-0.39, 0.29) is 5.82 Å². The lowest BCUT2D eigenvalue weighted by atomic mass is 10.2. The van der Waals surface area contributed by atoms with E-state index in [0.717, 1.165) is 31.6 Å². The monoisotopic (exact) mass is 360 g/mol. The number of methoxy groups -OCH3 is 2. The first kappa shape index (κ1) is 23.9. The van der Waals surface area contributed by atoms with Crippen LogP contribution in [-0.2, 0) is 23.7 Å². The van der Waals surface area contributed by atoms with Gasteiger partial charge < -0.3 is 23.7 Å². The third-order valence-electron chi connectivity index (χ3n) is 3.04. The molecule has 25 heavy (non-hydrogen) atoms. The Morgan fingerprint density at radius 2 is 1.24 bits per heavy atom. The fourth-order valence-electron chi connectivity index (χ4n) is 1.74. The number of hydrogen-bond donors (Lipinski definition) is 0. The quantitative estimate of drug-likeness (QED) is 0.477. The Balaban J connectivity index is 0.000000593. The Bertz CT molecular complexity index is 359. The molecule has 0 N–H and O–H groups in total. The first-order valence-corrected chi connectivity index (χ1v) is 8.64. The van der Waals surface area contributed by atoms with Crippen LogP contribution in [0.5, 0.6) is 0 Å². The molecule has 0 amide bonds. The van der Waals surface area contributed by atoms with Crippen molar-refractivity contribution in [2.24, 2.45) is 0 Å². The van der Waals surface area contributed by atoms with E-state index in [1.165, 1.54) is 12.1 Å². The summed E-state index contributed by atoms with van der Waals surface area (Å²) in [4.78, 5) is 0. The molecule has 0 aliphatic rings. The zero-order valence-electron chi connectivity index (χ0n) is 15.8. The van der Waals surface area contributed by atoms with Crippen LogP contribution in [0.1, 0.15) is 18.4 Å². The fraction of sp³-hybridized carbons (Fsp3) is 0.684. The lowest BCUT2D eigenvalue weighted by Gasteiger charge is -2.06. The SMILES string of the molecule is COCCCCOCCOCCOCCOC.Cc1cccc(F)c1. The Labute approximate surface area is 151 Å². The number of unbranched alkanes of at least 4 members (excludes halogenated alkanes) is 1. The van der Waals surface area contributed by atoms with Gasteiger partial charge in [-0.3, -0.25) is 0 Å². The standard InChI is InChI=1S/C12H26O5.C7H7F/c1-13-5-3-4-6-15-9-10-17-12-11-16-8-7-14-2;1-6-3-2-4-7(8)5-6/h3-12H2,1-2H3;2-5H,1H3. The van der Waals surface area contributed by atoms with Gasteiger partial charge in [0, 0.05) is 27.4 Å². The summed E-state index contributed by atoms with van der Waals surface area (Å²) in [7, 11) is 3.37. The highest BCUT2D eigenvalue weighted by Gasteiger charge is 1.92. The average molecular weight is 360 g/mol. The normalized spacial score (nSPS) is 10.4. The molecule has 146 valence electrons. The van der Waals surface area contributed by atoms with E-state index in [1.54, 1.807) is 20.3 Å². The molecule has 0 radical (unpaired) electrons. The van der Waals surface area contributed by atoms with Crippen molar-refractivity contribution in [2.45, 2.75) is 19.8 Å². The summed E-state index contributed by atoms with van der Waals surface area (Å²) in [5.41, 5.74) is 0.963. The van der Waals surface area contributed by atoms with Gasteiger partial charge in [0.2, 0.25) is 0 Å². The minimum Gasteiger partial charge on any atom is -0.385 e. The van der Waals surface area contributed by atoms with Gasteiger partial charge in [-0.05, 0) is 37.5 Å². The van der Waals surface area contributed by atoms with Crippen LogP contribution in [0.3, 0.4) is 0 Å². The van der Waals surface area contributed by atoms with E-state index in [9.17, 15) is 4.39 Å². The lowest BCUT2D eigenvalue weighted by molar-refractivity contribution is 0.00282. The summed E-state index contributed by atoms with van der Waals surface area (Å²) < 4.78 is 37.9. The van der Waals surface area contributed by atoms with Gasteiger partial charge >= 0.3 is 0 Å². The highest BCUT2D eigenvalue weighted by molar-refractivity contribution is 5.13. The highest BCUT2D eigenvalue weighted by atomic mass is 19.1. The molecule has 0 unspecified atom stereocenters. The average Bonchev–Trinajstić information content (AvgIpc) is 2.59. The van der Waals surface area contributed by atoms with Crippen LogP contribution in [0, 0.1) is 12.7 Å². The van der Waals surface area contributed by atoms with E-state index < -0.39 is 0 Å². The van der Waals surface area contributed by atoms with Gasteiger partial charge in [0.05, 0.1) is 39.6 Å². The molecule has 5 nitrogen and oxygen atoms in total. The first-order valence-electron chi connectivity index (χ1n) is 8.64. The molecule has 0 atom stereocenters. The van der Waals surface area contributed by atoms with E-state index in [4.69, 9.17) is 23.7 Å². The Morgan fingerprint density at radius 3 is 1.72 bits per heavy atom. The maximum Gasteiger partial charge on any atom is 0.123 e. The Kier molecular flexibility index (Phi) is 18.5. The van der Waals surface area contributed by atoms with Crippen molar-refractivity contribution in [2.75, 3.05) is 67.1 Å². The van der Waals surface area contributed by atoms with Crippen molar-refractivity contribution < 1.29 is 28.1 Å². The van der Waals surface area contributed by atoms with Crippen LogP contribution in [-0.4, -0.2) is 67.1 Å². The summed E-state index contributed by atoms with van der Waals surface area (Å²) in [6.45, 7) is 7.18. The molecule has 0 bridgehead atoms. The molecule has 1 aromatic carbocycles. The summed E-state index contributed by atoms with van der Waals surface area (Å²) in [5, 5.41) is 0. The molecule has 0 aliphatic heterocycles. The zero-order chi connectivity index (χ0) is 18.6. The predicted octanol–water partition coefficient (Wildman–Crippen LogP) is 3.24. The van der Waals surface area contributed by atoms with Crippen molar-refractivity contribution in [3.8, 4) is 0 Å². The van der Waals surface area contributed by atoms with E-state index in [2.05, 4.69) is 0 Å². The third kappa shape index (κ3) is 19.1. The van der Waals surface area contributed by atoms with Gasteiger partial charge in [-0.2, -0.15) is 0 Å². The molecule has 0 saturated carbocycles. The molecular weight excluding hydrogens is 327 g/mol. The maximum atomic E-state index is 12.2. The molecule has 0 aromatic heterocycles. The minimum atomic E-state index is -0.162. The number of halogens is 1.